The van der Waals surface area contributed by atoms with Gasteiger partial charge in [-0.05, 0) is 62.6 Å². The zero-order valence-electron chi connectivity index (χ0n) is 19.0. The van der Waals surface area contributed by atoms with Gasteiger partial charge in [0.05, 0.1) is 5.92 Å². The van der Waals surface area contributed by atoms with Crippen LogP contribution in [-0.2, 0) is 11.3 Å². The number of likely N-dealkylation sites (N-methyl/N-ethyl adjacent to an activating group) is 1. The summed E-state index contributed by atoms with van der Waals surface area (Å²) in [5.74, 6) is 1.92. The highest BCUT2D eigenvalue weighted by Crippen LogP contribution is 2.23. The Bertz CT molecular complexity index is 891. The van der Waals surface area contributed by atoms with Crippen LogP contribution in [-0.4, -0.2) is 67.3 Å². The molecule has 1 N–H and O–H groups in total. The van der Waals surface area contributed by atoms with Crippen molar-refractivity contribution in [2.45, 2.75) is 33.2 Å². The molecular formula is C24H34N6O. The van der Waals surface area contributed by atoms with E-state index in [4.69, 9.17) is 0 Å². The summed E-state index contributed by atoms with van der Waals surface area (Å²) in [5, 5.41) is 12.1. The molecule has 2 aliphatic heterocycles. The van der Waals surface area contributed by atoms with Crippen LogP contribution in [0.3, 0.4) is 0 Å². The summed E-state index contributed by atoms with van der Waals surface area (Å²) < 4.78 is 0. The molecule has 0 spiro atoms. The first-order valence-electron chi connectivity index (χ1n) is 11.4. The van der Waals surface area contributed by atoms with E-state index in [9.17, 15) is 4.79 Å². The molecule has 1 aromatic carbocycles. The van der Waals surface area contributed by atoms with Gasteiger partial charge in [0.2, 0.25) is 5.91 Å². The van der Waals surface area contributed by atoms with Crippen LogP contribution in [0.25, 0.3) is 0 Å². The molecule has 1 unspecified atom stereocenters. The number of hydrogen-bond acceptors (Lipinski definition) is 6. The number of carbonyl (C=O) groups excluding carboxylic acids is 1. The number of piperidine rings is 1. The highest BCUT2D eigenvalue weighted by atomic mass is 16.1. The van der Waals surface area contributed by atoms with Crippen molar-refractivity contribution in [1.82, 2.24) is 20.4 Å². The number of nitrogens with zero attached hydrogens (tertiary/aromatic N) is 5. The molecule has 0 saturated carbocycles. The lowest BCUT2D eigenvalue weighted by Gasteiger charge is -2.34. The summed E-state index contributed by atoms with van der Waals surface area (Å²) >= 11 is 0. The summed E-state index contributed by atoms with van der Waals surface area (Å²) in [5.41, 5.74) is 3.68. The van der Waals surface area contributed by atoms with Crippen molar-refractivity contribution in [2.24, 2.45) is 5.92 Å². The van der Waals surface area contributed by atoms with Gasteiger partial charge >= 0.3 is 0 Å². The zero-order chi connectivity index (χ0) is 21.8. The molecule has 7 nitrogen and oxygen atoms in total. The van der Waals surface area contributed by atoms with Crippen LogP contribution in [0, 0.1) is 19.8 Å². The van der Waals surface area contributed by atoms with E-state index in [0.29, 0.717) is 13.1 Å². The number of nitrogens with one attached hydrogen (secondary N) is 1. The van der Waals surface area contributed by atoms with Gasteiger partial charge in [0.25, 0.3) is 0 Å². The second kappa shape index (κ2) is 9.64. The molecule has 2 saturated heterocycles. The first-order valence-corrected chi connectivity index (χ1v) is 11.4. The summed E-state index contributed by atoms with van der Waals surface area (Å²) in [6.45, 7) is 10.5. The molecule has 1 aromatic heterocycles. The first-order chi connectivity index (χ1) is 15.0. The molecule has 0 radical (unpaired) electrons. The highest BCUT2D eigenvalue weighted by Gasteiger charge is 2.27. The topological polar surface area (TPSA) is 64.6 Å². The molecule has 0 bridgehead atoms. The number of carbonyl (C=O) groups is 1. The van der Waals surface area contributed by atoms with E-state index in [1.165, 1.54) is 11.1 Å². The number of anilines is 2. The van der Waals surface area contributed by atoms with Gasteiger partial charge in [0.15, 0.2) is 11.6 Å². The summed E-state index contributed by atoms with van der Waals surface area (Å²) in [7, 11) is 2.15. The first kappa shape index (κ1) is 21.6. The predicted molar refractivity (Wildman–Crippen MR) is 124 cm³/mol. The maximum atomic E-state index is 12.8. The van der Waals surface area contributed by atoms with Gasteiger partial charge in [-0.1, -0.05) is 18.2 Å². The third kappa shape index (κ3) is 5.34. The van der Waals surface area contributed by atoms with E-state index >= 15 is 0 Å². The van der Waals surface area contributed by atoms with Crippen LogP contribution in [0.1, 0.15) is 29.5 Å². The number of aromatic nitrogens is 2. The molecule has 31 heavy (non-hydrogen) atoms. The number of hydrogen-bond donors (Lipinski definition) is 1. The van der Waals surface area contributed by atoms with E-state index in [1.54, 1.807) is 0 Å². The Morgan fingerprint density at radius 1 is 0.968 bits per heavy atom. The zero-order valence-corrected chi connectivity index (χ0v) is 19.0. The predicted octanol–water partition coefficient (Wildman–Crippen LogP) is 2.38. The second-order valence-electron chi connectivity index (χ2n) is 8.96. The van der Waals surface area contributed by atoms with E-state index in [2.05, 4.69) is 81.4 Å². The fourth-order valence-corrected chi connectivity index (χ4v) is 4.34. The number of rotatable bonds is 5. The van der Waals surface area contributed by atoms with Gasteiger partial charge < -0.3 is 20.0 Å². The monoisotopic (exact) mass is 422 g/mol. The Balaban J connectivity index is 1.32. The van der Waals surface area contributed by atoms with Crippen LogP contribution in [0.5, 0.6) is 0 Å². The summed E-state index contributed by atoms with van der Waals surface area (Å²) in [6, 6.07) is 10.5. The molecule has 3 heterocycles. The normalized spacial score (nSPS) is 20.0. The molecule has 2 aliphatic rings. The van der Waals surface area contributed by atoms with Crippen LogP contribution < -0.4 is 15.1 Å². The lowest BCUT2D eigenvalue weighted by molar-refractivity contribution is -0.125. The van der Waals surface area contributed by atoms with E-state index in [-0.39, 0.29) is 11.8 Å². The fourth-order valence-electron chi connectivity index (χ4n) is 4.34. The summed E-state index contributed by atoms with van der Waals surface area (Å²) in [6.07, 6.45) is 1.91. The van der Waals surface area contributed by atoms with Crippen LogP contribution in [0.4, 0.5) is 11.6 Å². The average Bonchev–Trinajstić information content (AvgIpc) is 2.80. The van der Waals surface area contributed by atoms with Crippen molar-refractivity contribution in [1.29, 1.82) is 0 Å². The quantitative estimate of drug-likeness (QED) is 0.798. The maximum absolute atomic E-state index is 12.8. The molecule has 7 heteroatoms. The molecule has 2 aromatic rings. The molecule has 0 aliphatic carbocycles. The minimum absolute atomic E-state index is 0.0144. The van der Waals surface area contributed by atoms with E-state index < -0.39 is 0 Å². The minimum Gasteiger partial charge on any atom is -0.354 e. The van der Waals surface area contributed by atoms with Crippen molar-refractivity contribution in [3.63, 3.8) is 0 Å². The minimum atomic E-state index is -0.0144. The van der Waals surface area contributed by atoms with E-state index in [0.717, 1.165) is 62.8 Å². The van der Waals surface area contributed by atoms with Crippen molar-refractivity contribution in [2.75, 3.05) is 56.1 Å². The number of amides is 1. The molecular weight excluding hydrogens is 388 g/mol. The largest absolute Gasteiger partial charge is 0.354 e. The molecule has 2 fully saturated rings. The lowest BCUT2D eigenvalue weighted by atomic mass is 9.97. The van der Waals surface area contributed by atoms with Gasteiger partial charge in [-0.2, -0.15) is 0 Å². The van der Waals surface area contributed by atoms with Crippen LogP contribution in [0.2, 0.25) is 0 Å². The number of benzene rings is 1. The molecule has 4 rings (SSSR count). The smallest absolute Gasteiger partial charge is 0.225 e. The number of piperazine rings is 1. The SMILES string of the molecule is Cc1ccc(CNC(=O)C2CCCN(c3ccc(N4CCN(C)CC4)nn3)C2)cc1C. The van der Waals surface area contributed by atoms with Crippen molar-refractivity contribution >= 4 is 17.5 Å². The Morgan fingerprint density at radius 2 is 1.68 bits per heavy atom. The van der Waals surface area contributed by atoms with Crippen molar-refractivity contribution < 1.29 is 4.79 Å². The van der Waals surface area contributed by atoms with E-state index in [1.807, 2.05) is 0 Å². The van der Waals surface area contributed by atoms with Crippen LogP contribution >= 0.6 is 0 Å². The second-order valence-corrected chi connectivity index (χ2v) is 8.96. The van der Waals surface area contributed by atoms with Crippen molar-refractivity contribution in [3.05, 3.63) is 47.0 Å². The van der Waals surface area contributed by atoms with Gasteiger partial charge in [0.1, 0.15) is 0 Å². The highest BCUT2D eigenvalue weighted by molar-refractivity contribution is 5.79. The van der Waals surface area contributed by atoms with Gasteiger partial charge in [0, 0.05) is 45.8 Å². The average molecular weight is 423 g/mol. The van der Waals surface area contributed by atoms with Gasteiger partial charge in [-0.15, -0.1) is 10.2 Å². The van der Waals surface area contributed by atoms with Crippen molar-refractivity contribution in [3.8, 4) is 0 Å². The number of aryl methyl sites for hydroxylation is 2. The molecule has 1 amide bonds. The Labute approximate surface area is 185 Å². The third-order valence-corrected chi connectivity index (χ3v) is 6.62. The van der Waals surface area contributed by atoms with Gasteiger partial charge in [-0.3, -0.25) is 4.79 Å². The fraction of sp³-hybridized carbons (Fsp3) is 0.542. The molecule has 166 valence electrons. The standard InChI is InChI=1S/C24H34N6O/c1-18-6-7-20(15-19(18)2)16-25-24(31)21-5-4-10-30(17-21)23-9-8-22(26-27-23)29-13-11-28(3)12-14-29/h6-9,15,21H,4-5,10-14,16-17H2,1-3H3,(H,25,31). The van der Waals surface area contributed by atoms with Gasteiger partial charge in [-0.25, -0.2) is 0 Å². The summed E-state index contributed by atoms with van der Waals surface area (Å²) in [4.78, 5) is 19.6. The Kier molecular flexibility index (Phi) is 6.70. The molecule has 1 atom stereocenters. The van der Waals surface area contributed by atoms with Crippen LogP contribution in [0.15, 0.2) is 30.3 Å². The maximum Gasteiger partial charge on any atom is 0.225 e. The Morgan fingerprint density at radius 3 is 2.35 bits per heavy atom. The Hall–Kier alpha value is -2.67. The third-order valence-electron chi connectivity index (χ3n) is 6.62. The lowest BCUT2D eigenvalue weighted by Crippen LogP contribution is -2.45.